The number of ether oxygens (including phenoxy) is 6. The number of methoxy groups -OCH3 is 1. The number of hydrogen-bond acceptors (Lipinski definition) is 8. The van der Waals surface area contributed by atoms with Crippen molar-refractivity contribution in [3.8, 4) is 23.0 Å². The van der Waals surface area contributed by atoms with Crippen molar-refractivity contribution in [1.82, 2.24) is 0 Å². The Balaban J connectivity index is 2.17. The summed E-state index contributed by atoms with van der Waals surface area (Å²) in [6, 6.07) is 10.4. The number of benzene rings is 2. The second-order valence-corrected chi connectivity index (χ2v) is 7.87. The molecule has 0 saturated carbocycles. The average Bonchev–Trinajstić information content (AvgIpc) is 2.95. The molecule has 0 spiro atoms. The monoisotopic (exact) mass is 534 g/mol. The highest BCUT2D eigenvalue weighted by atomic mass is 16.6. The van der Waals surface area contributed by atoms with Gasteiger partial charge in [-0.1, -0.05) is 62.8 Å². The van der Waals surface area contributed by atoms with Gasteiger partial charge in [-0.25, -0.2) is 9.59 Å². The van der Waals surface area contributed by atoms with Crippen LogP contribution in [-0.2, 0) is 25.5 Å². The van der Waals surface area contributed by atoms with Gasteiger partial charge in [0.25, 0.3) is 0 Å². The molecular formula is C31H34O8. The van der Waals surface area contributed by atoms with E-state index >= 15 is 0 Å². The molecule has 0 aliphatic carbocycles. The lowest BCUT2D eigenvalue weighted by molar-refractivity contribution is -0.162. The van der Waals surface area contributed by atoms with Gasteiger partial charge >= 0.3 is 11.9 Å². The molecule has 0 amide bonds. The van der Waals surface area contributed by atoms with E-state index in [9.17, 15) is 9.59 Å². The Labute approximate surface area is 229 Å². The number of hydrogen-bond donors (Lipinski definition) is 0. The molecule has 0 saturated heterocycles. The predicted octanol–water partition coefficient (Wildman–Crippen LogP) is 5.29. The summed E-state index contributed by atoms with van der Waals surface area (Å²) < 4.78 is 32.8. The van der Waals surface area contributed by atoms with Crippen LogP contribution in [0.4, 0.5) is 0 Å². The van der Waals surface area contributed by atoms with Crippen molar-refractivity contribution in [2.24, 2.45) is 0 Å². The van der Waals surface area contributed by atoms with Crippen molar-refractivity contribution in [3.63, 3.8) is 0 Å². The fraction of sp³-hybridized carbons (Fsp3) is 0.226. The highest BCUT2D eigenvalue weighted by Crippen LogP contribution is 2.30. The molecule has 1 unspecified atom stereocenters. The predicted molar refractivity (Wildman–Crippen MR) is 150 cm³/mol. The number of carbonyl (C=O) groups is 2. The van der Waals surface area contributed by atoms with Crippen LogP contribution < -0.4 is 18.9 Å². The van der Waals surface area contributed by atoms with Gasteiger partial charge in [-0.2, -0.15) is 0 Å². The van der Waals surface area contributed by atoms with Gasteiger partial charge in [-0.15, -0.1) is 0 Å². The molecule has 0 bridgehead atoms. The van der Waals surface area contributed by atoms with Gasteiger partial charge in [0.1, 0.15) is 26.4 Å². The maximum absolute atomic E-state index is 12.6. The standard InChI is InChI=1S/C31H34O8/c1-6-16-35-25-13-10-23(20-27(25)37-18-8-3)12-15-30(32)39-29(31(33)34-5)22-24-11-14-26(36-17-7-2)28(21-24)38-19-9-4/h6-15,20-21,29H,1-4,16-19,22H2,5H3/b15-12+. The molecular weight excluding hydrogens is 500 g/mol. The van der Waals surface area contributed by atoms with Crippen LogP contribution in [0.25, 0.3) is 6.08 Å². The molecule has 0 aliphatic heterocycles. The van der Waals surface area contributed by atoms with Crippen LogP contribution in [0, 0.1) is 0 Å². The number of rotatable bonds is 18. The summed E-state index contributed by atoms with van der Waals surface area (Å²) in [5.41, 5.74) is 1.33. The average molecular weight is 535 g/mol. The van der Waals surface area contributed by atoms with E-state index in [2.05, 4.69) is 26.3 Å². The molecule has 39 heavy (non-hydrogen) atoms. The van der Waals surface area contributed by atoms with E-state index in [-0.39, 0.29) is 19.6 Å². The molecule has 0 aromatic heterocycles. The van der Waals surface area contributed by atoms with Gasteiger partial charge in [0.15, 0.2) is 23.0 Å². The van der Waals surface area contributed by atoms with Gasteiger partial charge in [-0.05, 0) is 41.5 Å². The first kappa shape index (κ1) is 30.5. The second kappa shape index (κ2) is 16.9. The van der Waals surface area contributed by atoms with Gasteiger partial charge < -0.3 is 28.4 Å². The summed E-state index contributed by atoms with van der Waals surface area (Å²) in [5.74, 6) is 0.557. The maximum Gasteiger partial charge on any atom is 0.347 e. The van der Waals surface area contributed by atoms with Crippen molar-refractivity contribution < 1.29 is 38.0 Å². The van der Waals surface area contributed by atoms with Crippen LogP contribution in [0.15, 0.2) is 93.1 Å². The van der Waals surface area contributed by atoms with Crippen molar-refractivity contribution in [1.29, 1.82) is 0 Å². The van der Waals surface area contributed by atoms with Gasteiger partial charge in [-0.3, -0.25) is 0 Å². The van der Waals surface area contributed by atoms with Crippen LogP contribution in [-0.4, -0.2) is 51.6 Å². The van der Waals surface area contributed by atoms with Gasteiger partial charge in [0.2, 0.25) is 6.10 Å². The van der Waals surface area contributed by atoms with Crippen molar-refractivity contribution in [3.05, 3.63) is 104 Å². The van der Waals surface area contributed by atoms with Crippen molar-refractivity contribution >= 4 is 18.0 Å². The quantitative estimate of drug-likeness (QED) is 0.145. The first-order valence-corrected chi connectivity index (χ1v) is 12.1. The molecule has 1 atom stereocenters. The van der Waals surface area contributed by atoms with Crippen LogP contribution in [0.1, 0.15) is 11.1 Å². The summed E-state index contributed by atoms with van der Waals surface area (Å²) in [6.45, 7) is 15.7. The Morgan fingerprint density at radius 1 is 0.744 bits per heavy atom. The summed E-state index contributed by atoms with van der Waals surface area (Å²) in [7, 11) is 1.23. The summed E-state index contributed by atoms with van der Waals surface area (Å²) in [6.07, 6.45) is 8.10. The fourth-order valence-electron chi connectivity index (χ4n) is 3.23. The number of carbonyl (C=O) groups excluding carboxylic acids is 2. The first-order valence-electron chi connectivity index (χ1n) is 12.1. The van der Waals surface area contributed by atoms with E-state index in [4.69, 9.17) is 28.4 Å². The Morgan fingerprint density at radius 3 is 1.79 bits per heavy atom. The molecule has 0 N–H and O–H groups in total. The largest absolute Gasteiger partial charge is 0.486 e. The highest BCUT2D eigenvalue weighted by Gasteiger charge is 2.24. The van der Waals surface area contributed by atoms with Crippen molar-refractivity contribution in [2.45, 2.75) is 12.5 Å². The summed E-state index contributed by atoms with van der Waals surface area (Å²) >= 11 is 0. The van der Waals surface area contributed by atoms with Crippen LogP contribution in [0.2, 0.25) is 0 Å². The molecule has 0 heterocycles. The minimum atomic E-state index is -1.18. The molecule has 2 rings (SSSR count). The lowest BCUT2D eigenvalue weighted by Gasteiger charge is -2.17. The highest BCUT2D eigenvalue weighted by molar-refractivity contribution is 5.89. The molecule has 2 aromatic rings. The van der Waals surface area contributed by atoms with E-state index < -0.39 is 18.0 Å². The zero-order valence-electron chi connectivity index (χ0n) is 22.1. The first-order chi connectivity index (χ1) is 18.9. The molecule has 2 aromatic carbocycles. The maximum atomic E-state index is 12.6. The third kappa shape index (κ3) is 10.3. The summed E-state index contributed by atoms with van der Waals surface area (Å²) in [4.78, 5) is 25.0. The number of esters is 2. The van der Waals surface area contributed by atoms with Gasteiger partial charge in [0, 0.05) is 12.5 Å². The van der Waals surface area contributed by atoms with E-state index in [1.165, 1.54) is 13.2 Å². The fourth-order valence-corrected chi connectivity index (χ4v) is 3.23. The lowest BCUT2D eigenvalue weighted by atomic mass is 10.1. The van der Waals surface area contributed by atoms with Crippen LogP contribution in [0.5, 0.6) is 23.0 Å². The van der Waals surface area contributed by atoms with E-state index in [1.54, 1.807) is 66.8 Å². The zero-order chi connectivity index (χ0) is 28.5. The van der Waals surface area contributed by atoms with Crippen LogP contribution >= 0.6 is 0 Å². The molecule has 8 nitrogen and oxygen atoms in total. The molecule has 206 valence electrons. The molecule has 0 radical (unpaired) electrons. The van der Waals surface area contributed by atoms with Gasteiger partial charge in [0.05, 0.1) is 7.11 Å². The Hall–Kier alpha value is -4.72. The minimum Gasteiger partial charge on any atom is -0.486 e. The normalized spacial score (nSPS) is 11.1. The molecule has 8 heteroatoms. The zero-order valence-corrected chi connectivity index (χ0v) is 22.1. The van der Waals surface area contributed by atoms with E-state index in [1.807, 2.05) is 0 Å². The Bertz CT molecular complexity index is 1180. The van der Waals surface area contributed by atoms with E-state index in [0.29, 0.717) is 47.3 Å². The Kier molecular flexibility index (Phi) is 13.2. The van der Waals surface area contributed by atoms with E-state index in [0.717, 1.165) is 0 Å². The molecule has 0 fully saturated rings. The lowest BCUT2D eigenvalue weighted by Crippen LogP contribution is -2.30. The van der Waals surface area contributed by atoms with Crippen LogP contribution in [0.3, 0.4) is 0 Å². The minimum absolute atomic E-state index is 0.0628. The Morgan fingerprint density at radius 2 is 1.26 bits per heavy atom. The topological polar surface area (TPSA) is 89.5 Å². The second-order valence-electron chi connectivity index (χ2n) is 7.87. The third-order valence-corrected chi connectivity index (χ3v) is 4.96. The third-order valence-electron chi connectivity index (χ3n) is 4.96. The summed E-state index contributed by atoms with van der Waals surface area (Å²) in [5, 5.41) is 0. The smallest absolute Gasteiger partial charge is 0.347 e. The SMILES string of the molecule is C=CCOc1ccc(/C=C/C(=O)OC(Cc2ccc(OCC=C)c(OCC=C)c2)C(=O)OC)cc1OCC=C. The molecule has 0 aliphatic rings. The van der Waals surface area contributed by atoms with Crippen molar-refractivity contribution in [2.75, 3.05) is 33.5 Å².